The number of halogens is 1. The maximum Gasteiger partial charge on any atom is 0.238 e. The Hall–Kier alpha value is -3.06. The third kappa shape index (κ3) is 7.23. The summed E-state index contributed by atoms with van der Waals surface area (Å²) < 4.78 is 25.0. The first-order valence-corrected chi connectivity index (χ1v) is 11.8. The van der Waals surface area contributed by atoms with Gasteiger partial charge >= 0.3 is 0 Å². The summed E-state index contributed by atoms with van der Waals surface area (Å²) >= 11 is 0. The minimum Gasteiger partial charge on any atom is -0.443 e. The third-order valence-corrected chi connectivity index (χ3v) is 6.03. The number of alkyl halides is 1. The summed E-state index contributed by atoms with van der Waals surface area (Å²) in [6.07, 6.45) is -5.82. The van der Waals surface area contributed by atoms with E-state index in [-0.39, 0.29) is 24.8 Å². The molecule has 3 rings (SSSR count). The van der Waals surface area contributed by atoms with Crippen LogP contribution in [-0.4, -0.2) is 81.3 Å². The maximum absolute atomic E-state index is 14.0. The number of nitrogens with two attached hydrogens (primary N) is 1. The molecule has 0 radical (unpaired) electrons. The Kier molecular flexibility index (Phi) is 9.76. The Labute approximate surface area is 207 Å². The van der Waals surface area contributed by atoms with Gasteiger partial charge in [0.1, 0.15) is 18.3 Å². The van der Waals surface area contributed by atoms with Crippen molar-refractivity contribution in [1.82, 2.24) is 15.5 Å². The molecule has 0 bridgehead atoms. The number of carbonyl (C=O) groups is 2. The summed E-state index contributed by atoms with van der Waals surface area (Å²) in [7, 11) is 0. The van der Waals surface area contributed by atoms with Crippen LogP contribution in [0.4, 0.5) is 4.39 Å². The molecule has 2 aromatic rings. The van der Waals surface area contributed by atoms with Crippen LogP contribution in [0.5, 0.6) is 5.88 Å². The van der Waals surface area contributed by atoms with Gasteiger partial charge in [0.05, 0.1) is 6.61 Å². The maximum atomic E-state index is 14.0. The predicted molar refractivity (Wildman–Crippen MR) is 126 cm³/mol. The Balaban J connectivity index is 1.55. The number of H-pyrrole nitrogens is 1. The highest BCUT2D eigenvalue weighted by Gasteiger charge is 2.46. The monoisotopic (exact) mass is 508 g/mol. The van der Waals surface area contributed by atoms with Crippen LogP contribution >= 0.6 is 0 Å². The topological polar surface area (TPSA) is 180 Å². The number of benzene rings is 1. The van der Waals surface area contributed by atoms with Gasteiger partial charge in [-0.2, -0.15) is 0 Å². The number of ether oxygens (including phenoxy) is 2. The lowest BCUT2D eigenvalue weighted by Gasteiger charge is -2.38. The van der Waals surface area contributed by atoms with Crippen molar-refractivity contribution in [3.05, 3.63) is 46.6 Å². The molecule has 0 saturated carbocycles. The first kappa shape index (κ1) is 27.5. The number of nitrogens with zero attached hydrogens (tertiary/aromatic N) is 1. The van der Waals surface area contributed by atoms with E-state index in [0.717, 1.165) is 16.8 Å². The summed E-state index contributed by atoms with van der Waals surface area (Å²) in [6.45, 7) is 1.37. The van der Waals surface area contributed by atoms with Crippen molar-refractivity contribution in [2.75, 3.05) is 13.2 Å². The average molecular weight is 509 g/mol. The highest BCUT2D eigenvalue weighted by Crippen LogP contribution is 2.29. The number of nitrogens with one attached hydrogen (secondary N) is 2. The van der Waals surface area contributed by atoms with Crippen LogP contribution in [0.15, 0.2) is 24.3 Å². The van der Waals surface area contributed by atoms with Crippen LogP contribution in [0.2, 0.25) is 0 Å². The zero-order chi connectivity index (χ0) is 26.2. The number of hydrogen-bond acceptors (Lipinski definition) is 8. The number of aliphatic hydroxyl groups excluding tert-OH is 3. The second-order valence-corrected chi connectivity index (χ2v) is 8.81. The van der Waals surface area contributed by atoms with E-state index in [1.54, 1.807) is 6.92 Å². The number of aliphatic hydroxyl groups is 3. The Morgan fingerprint density at radius 2 is 1.89 bits per heavy atom. The SMILES string of the molecule is Cc1[nH]nc(O[C@@H]2O[C@H](CO)[C@@H](F)[C@H](O)[C@H]2O)c1Cc1ccc(CCCC(=O)NCCC(N)=O)cc1. The lowest BCUT2D eigenvalue weighted by atomic mass is 10.0. The highest BCUT2D eigenvalue weighted by molar-refractivity contribution is 5.78. The van der Waals surface area contributed by atoms with Crippen molar-refractivity contribution in [1.29, 1.82) is 0 Å². The second kappa shape index (κ2) is 12.8. The molecule has 0 aliphatic carbocycles. The number of aromatic amines is 1. The summed E-state index contributed by atoms with van der Waals surface area (Å²) in [5.74, 6) is -0.435. The predicted octanol–water partition coefficient (Wildman–Crippen LogP) is -0.221. The second-order valence-electron chi connectivity index (χ2n) is 8.81. The van der Waals surface area contributed by atoms with Crippen LogP contribution < -0.4 is 15.8 Å². The number of rotatable bonds is 12. The summed E-state index contributed by atoms with van der Waals surface area (Å²) in [6, 6.07) is 7.83. The van der Waals surface area contributed by atoms with Crippen molar-refractivity contribution >= 4 is 11.8 Å². The number of carbonyl (C=O) groups excluding carboxylic acids is 2. The van der Waals surface area contributed by atoms with Gasteiger partial charge in [0.25, 0.3) is 0 Å². The van der Waals surface area contributed by atoms with Crippen molar-refractivity contribution in [3.8, 4) is 5.88 Å². The molecule has 1 aliphatic rings. The van der Waals surface area contributed by atoms with Gasteiger partial charge in [0, 0.05) is 37.1 Å². The van der Waals surface area contributed by atoms with Crippen LogP contribution in [0.1, 0.15) is 41.6 Å². The summed E-state index contributed by atoms with van der Waals surface area (Å²) in [4.78, 5) is 22.5. The molecule has 5 atom stereocenters. The zero-order valence-electron chi connectivity index (χ0n) is 20.0. The molecular formula is C24H33FN4O7. The lowest BCUT2D eigenvalue weighted by molar-refractivity contribution is -0.265. The minimum atomic E-state index is -1.94. The summed E-state index contributed by atoms with van der Waals surface area (Å²) in [5.41, 5.74) is 8.49. The Morgan fingerprint density at radius 1 is 1.19 bits per heavy atom. The number of aromatic nitrogens is 2. The van der Waals surface area contributed by atoms with Gasteiger partial charge in [0.2, 0.25) is 24.0 Å². The van der Waals surface area contributed by atoms with E-state index in [4.69, 9.17) is 15.2 Å². The van der Waals surface area contributed by atoms with E-state index in [1.807, 2.05) is 24.3 Å². The molecule has 198 valence electrons. The van der Waals surface area contributed by atoms with E-state index in [9.17, 15) is 29.3 Å². The molecule has 0 spiro atoms. The number of amides is 2. The first-order chi connectivity index (χ1) is 17.2. The molecule has 2 amide bonds. The molecular weight excluding hydrogens is 475 g/mol. The third-order valence-electron chi connectivity index (χ3n) is 6.03. The van der Waals surface area contributed by atoms with Crippen molar-refractivity contribution < 1.29 is 38.8 Å². The van der Waals surface area contributed by atoms with Crippen molar-refractivity contribution in [3.63, 3.8) is 0 Å². The quantitative estimate of drug-likeness (QED) is 0.228. The fourth-order valence-corrected chi connectivity index (χ4v) is 3.88. The van der Waals surface area contributed by atoms with Gasteiger partial charge in [-0.3, -0.25) is 14.7 Å². The van der Waals surface area contributed by atoms with E-state index in [0.29, 0.717) is 31.2 Å². The smallest absolute Gasteiger partial charge is 0.238 e. The molecule has 1 aliphatic heterocycles. The molecule has 11 nitrogen and oxygen atoms in total. The average Bonchev–Trinajstić information content (AvgIpc) is 3.19. The Morgan fingerprint density at radius 3 is 2.56 bits per heavy atom. The van der Waals surface area contributed by atoms with Gasteiger partial charge in [-0.25, -0.2) is 4.39 Å². The van der Waals surface area contributed by atoms with Crippen molar-refractivity contribution in [2.45, 2.75) is 69.8 Å². The number of aryl methyl sites for hydroxylation is 2. The van der Waals surface area contributed by atoms with Crippen LogP contribution in [0.3, 0.4) is 0 Å². The molecule has 2 heterocycles. The first-order valence-electron chi connectivity index (χ1n) is 11.8. The molecule has 0 unspecified atom stereocenters. The van der Waals surface area contributed by atoms with E-state index >= 15 is 0 Å². The zero-order valence-corrected chi connectivity index (χ0v) is 20.0. The van der Waals surface area contributed by atoms with Gasteiger partial charge in [-0.05, 0) is 30.9 Å². The lowest BCUT2D eigenvalue weighted by Crippen LogP contribution is -2.58. The van der Waals surface area contributed by atoms with Gasteiger partial charge in [-0.1, -0.05) is 24.3 Å². The molecule has 1 saturated heterocycles. The molecule has 7 N–H and O–H groups in total. The standard InChI is InChI=1S/C24H33FN4O7/c1-13-16(23(29-28-13)36-24-22(34)21(33)20(25)17(12-30)35-24)11-15-7-5-14(6-8-15)3-2-4-19(32)27-10-9-18(26)31/h5-8,17,20-22,24,30,33-34H,2-4,9-12H2,1H3,(H2,26,31)(H,27,32)(H,28,29)/t17-,20-,21+,22-,24+/m1/s1. The fourth-order valence-electron chi connectivity index (χ4n) is 3.88. The van der Waals surface area contributed by atoms with Gasteiger partial charge < -0.3 is 35.8 Å². The van der Waals surface area contributed by atoms with E-state index in [1.165, 1.54) is 0 Å². The van der Waals surface area contributed by atoms with Crippen LogP contribution in [-0.2, 0) is 27.2 Å². The normalized spacial score (nSPS) is 23.9. The number of hydrogen-bond donors (Lipinski definition) is 6. The minimum absolute atomic E-state index is 0.119. The van der Waals surface area contributed by atoms with E-state index < -0.39 is 43.3 Å². The molecule has 12 heteroatoms. The summed E-state index contributed by atoms with van der Waals surface area (Å²) in [5, 5.41) is 38.9. The fraction of sp³-hybridized carbons (Fsp3) is 0.542. The molecule has 1 fully saturated rings. The highest BCUT2D eigenvalue weighted by atomic mass is 19.1. The Bertz CT molecular complexity index is 1010. The van der Waals surface area contributed by atoms with Crippen molar-refractivity contribution in [2.24, 2.45) is 5.73 Å². The molecule has 36 heavy (non-hydrogen) atoms. The largest absolute Gasteiger partial charge is 0.443 e. The van der Waals surface area contributed by atoms with Crippen LogP contribution in [0, 0.1) is 6.92 Å². The van der Waals surface area contributed by atoms with E-state index in [2.05, 4.69) is 15.5 Å². The molecule has 1 aromatic heterocycles. The van der Waals surface area contributed by atoms with Gasteiger partial charge in [0.15, 0.2) is 6.17 Å². The van der Waals surface area contributed by atoms with Crippen LogP contribution in [0.25, 0.3) is 0 Å². The number of primary amides is 1. The van der Waals surface area contributed by atoms with Gasteiger partial charge in [-0.15, -0.1) is 5.10 Å². The molecule has 1 aromatic carbocycles.